The highest BCUT2D eigenvalue weighted by atomic mass is 16.8. The molecule has 21 fully saturated rings. The van der Waals surface area contributed by atoms with Crippen LogP contribution in [0.1, 0.15) is 0 Å². The van der Waals surface area contributed by atoms with Crippen LogP contribution in [-0.4, -0.2) is 382 Å². The van der Waals surface area contributed by atoms with Gasteiger partial charge in [0.25, 0.3) is 0 Å². The molecule has 36 heteroatoms. The summed E-state index contributed by atoms with van der Waals surface area (Å²) in [4.78, 5) is 0. The van der Waals surface area contributed by atoms with E-state index in [2.05, 4.69) is 5.32 Å². The smallest absolute Gasteiger partial charge is 0.187 e. The molecule has 0 amide bonds. The number of aliphatic hydroxyl groups is 21. The Hall–Kier alpha value is -1.44. The highest BCUT2D eigenvalue weighted by Gasteiger charge is 2.59. The van der Waals surface area contributed by atoms with E-state index in [-0.39, 0.29) is 13.1 Å². The van der Waals surface area contributed by atoms with Gasteiger partial charge in [-0.2, -0.15) is 0 Å². The van der Waals surface area contributed by atoms with Gasteiger partial charge in [0.1, 0.15) is 171 Å². The maximum atomic E-state index is 11.6. The fourth-order valence-corrected chi connectivity index (χ4v) is 10.8. The molecule has 0 spiro atoms. The van der Waals surface area contributed by atoms with Crippen LogP contribution in [0.5, 0.6) is 0 Å². The predicted molar refractivity (Wildman–Crippen MR) is 241 cm³/mol. The van der Waals surface area contributed by atoms with Crippen molar-refractivity contribution < 1.29 is 174 Å². The first-order valence-electron chi connectivity index (χ1n) is 25.8. The average molecular weight is 1180 g/mol. The van der Waals surface area contributed by atoms with Gasteiger partial charge in [-0.15, -0.1) is 0 Å². The Bertz CT molecular complexity index is 1880. The Kier molecular flexibility index (Phi) is 22.5. The van der Waals surface area contributed by atoms with Gasteiger partial charge in [-0.25, -0.2) is 0 Å². The summed E-state index contributed by atoms with van der Waals surface area (Å²) >= 11 is 0. The molecule has 36 nitrogen and oxygen atoms in total. The van der Waals surface area contributed by atoms with Crippen LogP contribution >= 0.6 is 0 Å². The van der Waals surface area contributed by atoms with Crippen LogP contribution in [0.15, 0.2) is 0 Å². The topological polar surface area (TPSA) is 566 Å². The minimum atomic E-state index is -2.21. The molecule has 466 valence electrons. The van der Waals surface area contributed by atoms with E-state index in [1.54, 1.807) is 0 Å². The third kappa shape index (κ3) is 13.0. The number of rotatable bonds is 10. The SMILES string of the molecule is OCCNC[C@@H]1O[C@@H]2O[C@H]3[C@H](O)[C@H](O)[C@@H](O[C@H]4[C@@H](O)[C@H](O)[C@@H](O[C@H]5[C@H](O)[C@@H](O)[C@@H](O[C@H]6[C@H](O)[C@@H](O)[C@@H](O[C@H]7[C@H](O)[C@@H](O)[C@@H](O[C@H]8[C@H](O)[C@@H](O)[C@@H](O[C@H]1[C@H](O)[C@H]2O)O[C@H]8CO)O[C@H]7CO)O[C@H]6CO)O[C@@H]5CO)O[C@@H]4CO)O[C@@H]3CO. The summed E-state index contributed by atoms with van der Waals surface area (Å²) < 4.78 is 80.5. The van der Waals surface area contributed by atoms with Gasteiger partial charge in [0.2, 0.25) is 0 Å². The van der Waals surface area contributed by atoms with Gasteiger partial charge in [-0.3, -0.25) is 0 Å². The fraction of sp³-hybridized carbons (Fsp3) is 1.00. The molecule has 0 aromatic heterocycles. The van der Waals surface area contributed by atoms with Crippen LogP contribution in [0.25, 0.3) is 0 Å². The lowest BCUT2D eigenvalue weighted by Crippen LogP contribution is -2.68. The second-order valence-electron chi connectivity index (χ2n) is 20.4. The van der Waals surface area contributed by atoms with Crippen LogP contribution in [0.4, 0.5) is 0 Å². The number of ether oxygens (including phenoxy) is 14. The summed E-state index contributed by atoms with van der Waals surface area (Å²) in [5, 5.41) is 234. The predicted octanol–water partition coefficient (Wildman–Crippen LogP) is -15.6. The molecule has 21 rings (SSSR count). The quantitative estimate of drug-likeness (QED) is 0.0903. The van der Waals surface area contributed by atoms with Crippen molar-refractivity contribution in [1.29, 1.82) is 0 Å². The summed E-state index contributed by atoms with van der Waals surface area (Å²) in [6, 6.07) is 0. The van der Waals surface area contributed by atoms with Gasteiger partial charge < -0.3 is 179 Å². The second-order valence-corrected chi connectivity index (χ2v) is 20.4. The lowest BCUT2D eigenvalue weighted by Gasteiger charge is -2.50. The third-order valence-corrected chi connectivity index (χ3v) is 15.2. The third-order valence-electron chi connectivity index (χ3n) is 15.2. The molecule has 80 heavy (non-hydrogen) atoms. The first-order valence-corrected chi connectivity index (χ1v) is 25.8. The molecule has 0 radical (unpaired) electrons. The molecule has 0 aliphatic carbocycles. The van der Waals surface area contributed by atoms with Crippen molar-refractivity contribution >= 4 is 0 Å². The highest BCUT2D eigenvalue weighted by Crippen LogP contribution is 2.39. The van der Waals surface area contributed by atoms with Crippen LogP contribution in [0, 0.1) is 0 Å². The maximum absolute atomic E-state index is 11.6. The lowest BCUT2D eigenvalue weighted by molar-refractivity contribution is -0.396. The normalized spacial score (nSPS) is 53.7. The van der Waals surface area contributed by atoms with Gasteiger partial charge >= 0.3 is 0 Å². The van der Waals surface area contributed by atoms with Crippen LogP contribution < -0.4 is 5.32 Å². The van der Waals surface area contributed by atoms with Crippen LogP contribution in [0.3, 0.4) is 0 Å². The minimum Gasteiger partial charge on any atom is -0.395 e. The van der Waals surface area contributed by atoms with Crippen molar-refractivity contribution in [3.63, 3.8) is 0 Å². The van der Waals surface area contributed by atoms with Crippen molar-refractivity contribution in [1.82, 2.24) is 5.32 Å². The van der Waals surface area contributed by atoms with Crippen molar-refractivity contribution in [2.45, 2.75) is 215 Å². The van der Waals surface area contributed by atoms with E-state index in [0.29, 0.717) is 0 Å². The molecule has 0 aromatic carbocycles. The molecule has 22 N–H and O–H groups in total. The van der Waals surface area contributed by atoms with Gasteiger partial charge in [0.15, 0.2) is 44.0 Å². The zero-order chi connectivity index (χ0) is 58.2. The zero-order valence-corrected chi connectivity index (χ0v) is 42.2. The Morgan fingerprint density at radius 3 is 0.537 bits per heavy atom. The molecule has 14 bridgehead atoms. The molecule has 21 aliphatic heterocycles. The number of aliphatic hydroxyl groups excluding tert-OH is 21. The Morgan fingerprint density at radius 2 is 0.375 bits per heavy atom. The van der Waals surface area contributed by atoms with Crippen LogP contribution in [0.2, 0.25) is 0 Å². The summed E-state index contributed by atoms with van der Waals surface area (Å²) in [5.74, 6) is 0. The molecule has 0 unspecified atom stereocenters. The Morgan fingerprint density at radius 1 is 0.212 bits per heavy atom. The van der Waals surface area contributed by atoms with Crippen molar-refractivity contribution in [2.75, 3.05) is 59.3 Å². The Balaban J connectivity index is 1.09. The van der Waals surface area contributed by atoms with Gasteiger partial charge in [0.05, 0.1) is 46.2 Å². The van der Waals surface area contributed by atoms with Crippen LogP contribution in [-0.2, 0) is 66.3 Å². The Labute approximate surface area is 452 Å². The number of nitrogens with one attached hydrogen (secondary N) is 1. The standard InChI is InChI=1S/C44H75NO35/c46-2-1-45-3-10-31-17(53)24(60)38(67-10)75-32-11(4-47)69-40(26(62)19(32)55)77-34-13(6-49)71-42(28(64)21(34)57)79-36-15(8-51)73-44(30(66)23(36)59)80-37-16(9-52)72-43(29(65)22(37)58)78-35-14(7-50)70-41(27(63)20(35)56)76-33-12(5-48)68-39(74-31)25(61)18(33)54/h10-66H,1-9H2/t10-,11+,12-,13+,14-,15+,16-,17+,18+,19+,20+,21-,22+,23+,24+,25+,26-,27+,28-,29+,30+,31+,32+,33+,34+,35+,36+,37+,38+,39+,40+,41+,42+,43+,44+/m0/s1. The van der Waals surface area contributed by atoms with E-state index in [0.717, 1.165) is 0 Å². The molecular formula is C44H75NO35. The molecule has 21 aliphatic rings. The van der Waals surface area contributed by atoms with Crippen molar-refractivity contribution in [3.8, 4) is 0 Å². The minimum absolute atomic E-state index is 0.0951. The summed E-state index contributed by atoms with van der Waals surface area (Å²) in [5.41, 5.74) is 0. The van der Waals surface area contributed by atoms with E-state index in [9.17, 15) is 107 Å². The number of hydrogen-bond donors (Lipinski definition) is 22. The van der Waals surface area contributed by atoms with Gasteiger partial charge in [-0.05, 0) is 0 Å². The van der Waals surface area contributed by atoms with Gasteiger partial charge in [0, 0.05) is 13.1 Å². The molecule has 0 saturated carbocycles. The largest absolute Gasteiger partial charge is 0.395 e. The second kappa shape index (κ2) is 27.9. The van der Waals surface area contributed by atoms with Gasteiger partial charge in [-0.1, -0.05) is 0 Å². The van der Waals surface area contributed by atoms with E-state index in [1.165, 1.54) is 0 Å². The molecule has 35 atom stereocenters. The van der Waals surface area contributed by atoms with E-state index >= 15 is 0 Å². The number of hydrogen-bond acceptors (Lipinski definition) is 36. The molecule has 21 heterocycles. The summed E-state index contributed by atoms with van der Waals surface area (Å²) in [7, 11) is 0. The zero-order valence-electron chi connectivity index (χ0n) is 42.2. The lowest BCUT2D eigenvalue weighted by atomic mass is 9.95. The molecular weight excluding hydrogens is 1100 g/mol. The fourth-order valence-electron chi connectivity index (χ4n) is 10.8. The first kappa shape index (κ1) is 64.6. The first-order chi connectivity index (χ1) is 38.2. The molecule has 21 saturated heterocycles. The summed E-state index contributed by atoms with van der Waals surface area (Å²) in [6.07, 6.45) is -69.6. The van der Waals surface area contributed by atoms with E-state index < -0.39 is 261 Å². The average Bonchev–Trinajstić information content (AvgIpc) is 3.50. The molecule has 0 aromatic rings. The van der Waals surface area contributed by atoms with E-state index in [1.807, 2.05) is 0 Å². The highest BCUT2D eigenvalue weighted by molar-refractivity contribution is 5.02. The van der Waals surface area contributed by atoms with Crippen molar-refractivity contribution in [3.05, 3.63) is 0 Å². The monoisotopic (exact) mass is 1180 g/mol. The summed E-state index contributed by atoms with van der Waals surface area (Å²) in [6.45, 7) is -7.12. The van der Waals surface area contributed by atoms with Crippen molar-refractivity contribution in [2.24, 2.45) is 0 Å². The van der Waals surface area contributed by atoms with E-state index in [4.69, 9.17) is 66.3 Å². The maximum Gasteiger partial charge on any atom is 0.187 e.